The lowest BCUT2D eigenvalue weighted by molar-refractivity contribution is 0.175. The van der Waals surface area contributed by atoms with Gasteiger partial charge in [-0.1, -0.05) is 0 Å². The van der Waals surface area contributed by atoms with Gasteiger partial charge in [-0.05, 0) is 31.7 Å². The fourth-order valence-corrected chi connectivity index (χ4v) is 4.20. The molecule has 1 aromatic heterocycles. The van der Waals surface area contributed by atoms with Crippen molar-refractivity contribution in [3.63, 3.8) is 0 Å². The molecule has 3 atom stereocenters. The van der Waals surface area contributed by atoms with E-state index in [4.69, 9.17) is 4.74 Å². The fraction of sp³-hybridized carbons (Fsp3) is 0.714. The van der Waals surface area contributed by atoms with Crippen molar-refractivity contribution in [1.82, 2.24) is 14.9 Å². The van der Waals surface area contributed by atoms with Crippen molar-refractivity contribution >= 4 is 11.8 Å². The van der Waals surface area contributed by atoms with Gasteiger partial charge in [-0.2, -0.15) is 0 Å². The van der Waals surface area contributed by atoms with Gasteiger partial charge < -0.3 is 9.72 Å². The van der Waals surface area contributed by atoms with Crippen LogP contribution in [0.15, 0.2) is 16.0 Å². The van der Waals surface area contributed by atoms with Gasteiger partial charge in [0, 0.05) is 19.4 Å². The number of thioether (sulfide) groups is 1. The molecule has 0 aliphatic carbocycles. The van der Waals surface area contributed by atoms with Gasteiger partial charge in [-0.25, -0.2) is 0 Å². The molecule has 0 amide bonds. The number of nitrogens with one attached hydrogen (secondary N) is 1. The van der Waals surface area contributed by atoms with Gasteiger partial charge in [0.05, 0.1) is 29.6 Å². The number of methoxy groups -OCH3 is 1. The molecule has 0 aromatic carbocycles. The van der Waals surface area contributed by atoms with Crippen LogP contribution in [0.1, 0.15) is 31.0 Å². The third-order valence-electron chi connectivity index (χ3n) is 4.25. The lowest BCUT2D eigenvalue weighted by Crippen LogP contribution is -2.32. The highest BCUT2D eigenvalue weighted by Gasteiger charge is 2.36. The molecule has 2 aliphatic rings. The van der Waals surface area contributed by atoms with E-state index in [0.29, 0.717) is 12.6 Å². The Morgan fingerprint density at radius 3 is 3.25 bits per heavy atom. The van der Waals surface area contributed by atoms with Crippen LogP contribution in [0.5, 0.6) is 0 Å². The smallest absolute Gasteiger partial charge is 0.267 e. The number of H-pyrrole nitrogens is 1. The van der Waals surface area contributed by atoms with E-state index in [0.717, 1.165) is 35.4 Å². The summed E-state index contributed by atoms with van der Waals surface area (Å²) >= 11 is 1.64. The zero-order chi connectivity index (χ0) is 13.9. The summed E-state index contributed by atoms with van der Waals surface area (Å²) in [4.78, 5) is 21.5. The van der Waals surface area contributed by atoms with Gasteiger partial charge in [0.15, 0.2) is 0 Å². The normalized spacial score (nSPS) is 28.8. The predicted octanol–water partition coefficient (Wildman–Crippen LogP) is 1.67. The number of aromatic nitrogens is 2. The number of rotatable bonds is 5. The van der Waals surface area contributed by atoms with Gasteiger partial charge in [0.1, 0.15) is 0 Å². The summed E-state index contributed by atoms with van der Waals surface area (Å²) in [6.45, 7) is 3.03. The maximum Gasteiger partial charge on any atom is 0.267 e. The van der Waals surface area contributed by atoms with E-state index in [1.165, 1.54) is 25.6 Å². The van der Waals surface area contributed by atoms with Crippen LogP contribution in [0, 0.1) is 5.92 Å². The molecule has 1 aromatic rings. The quantitative estimate of drug-likeness (QED) is 0.661. The van der Waals surface area contributed by atoms with E-state index < -0.39 is 0 Å². The molecule has 2 fully saturated rings. The summed E-state index contributed by atoms with van der Waals surface area (Å²) in [6.07, 6.45) is 5.16. The second-order valence-electron chi connectivity index (χ2n) is 5.55. The van der Waals surface area contributed by atoms with E-state index >= 15 is 0 Å². The van der Waals surface area contributed by atoms with E-state index in [9.17, 15) is 4.79 Å². The van der Waals surface area contributed by atoms with Gasteiger partial charge in [-0.15, -0.1) is 11.8 Å². The van der Waals surface area contributed by atoms with Gasteiger partial charge in [0.25, 0.3) is 5.56 Å². The summed E-state index contributed by atoms with van der Waals surface area (Å²) in [6, 6.07) is 0.371. The van der Waals surface area contributed by atoms with E-state index in [1.807, 2.05) is 0 Å². The summed E-state index contributed by atoms with van der Waals surface area (Å²) in [5.74, 6) is 1.71. The van der Waals surface area contributed by atoms with Crippen LogP contribution in [-0.4, -0.2) is 47.4 Å². The number of nitrogens with zero attached hydrogens (tertiary/aromatic N) is 2. The molecule has 3 rings (SSSR count). The summed E-state index contributed by atoms with van der Waals surface area (Å²) < 4.78 is 5.08. The van der Waals surface area contributed by atoms with Crippen molar-refractivity contribution < 1.29 is 4.74 Å². The number of aromatic amines is 1. The van der Waals surface area contributed by atoms with Gasteiger partial charge in [-0.3, -0.25) is 14.7 Å². The predicted molar refractivity (Wildman–Crippen MR) is 79.1 cm³/mol. The standard InChI is InChI=1S/C14H21N3O2S/c1-19-6-7-20-14-13(15-8-12(18)16-14)11-3-2-10-4-5-17(11)9-10/h8,10-11H,2-7,9H2,1H3,(H,16,18). The third kappa shape index (κ3) is 2.92. The lowest BCUT2D eigenvalue weighted by atomic mass is 9.95. The summed E-state index contributed by atoms with van der Waals surface area (Å²) in [7, 11) is 1.69. The molecule has 3 unspecified atom stereocenters. The van der Waals surface area contributed by atoms with Crippen molar-refractivity contribution in [2.45, 2.75) is 30.3 Å². The van der Waals surface area contributed by atoms with Crippen LogP contribution in [0.25, 0.3) is 0 Å². The van der Waals surface area contributed by atoms with Crippen LogP contribution in [0.4, 0.5) is 0 Å². The number of piperidine rings is 1. The van der Waals surface area contributed by atoms with Crippen molar-refractivity contribution in [3.8, 4) is 0 Å². The molecule has 0 spiro atoms. The zero-order valence-electron chi connectivity index (χ0n) is 11.8. The Hall–Kier alpha value is -0.850. The molecule has 6 heteroatoms. The number of hydrogen-bond donors (Lipinski definition) is 1. The zero-order valence-corrected chi connectivity index (χ0v) is 12.6. The highest BCUT2D eigenvalue weighted by atomic mass is 32.2. The minimum Gasteiger partial charge on any atom is -0.384 e. The maximum atomic E-state index is 11.5. The number of ether oxygens (including phenoxy) is 1. The van der Waals surface area contributed by atoms with Crippen molar-refractivity contribution in [3.05, 3.63) is 22.2 Å². The fourth-order valence-electron chi connectivity index (χ4n) is 3.24. The van der Waals surface area contributed by atoms with Crippen molar-refractivity contribution in [2.75, 3.05) is 32.6 Å². The second kappa shape index (κ2) is 6.28. The first-order valence-electron chi connectivity index (χ1n) is 7.23. The largest absolute Gasteiger partial charge is 0.384 e. The minimum atomic E-state index is -0.122. The van der Waals surface area contributed by atoms with Crippen LogP contribution in [0.3, 0.4) is 0 Å². The van der Waals surface area contributed by atoms with E-state index in [2.05, 4.69) is 14.9 Å². The van der Waals surface area contributed by atoms with E-state index in [-0.39, 0.29) is 5.56 Å². The Bertz CT molecular complexity index is 519. The Labute approximate surface area is 123 Å². The lowest BCUT2D eigenvalue weighted by Gasteiger charge is -2.32. The molecule has 2 saturated heterocycles. The van der Waals surface area contributed by atoms with E-state index in [1.54, 1.807) is 18.9 Å². The Morgan fingerprint density at radius 1 is 1.50 bits per heavy atom. The maximum absolute atomic E-state index is 11.5. The van der Waals surface area contributed by atoms with Crippen molar-refractivity contribution in [2.24, 2.45) is 5.92 Å². The summed E-state index contributed by atoms with van der Waals surface area (Å²) in [5, 5.41) is 0.921. The molecule has 3 heterocycles. The van der Waals surface area contributed by atoms with Gasteiger partial charge in [0.2, 0.25) is 0 Å². The Balaban J connectivity index is 1.82. The monoisotopic (exact) mass is 295 g/mol. The van der Waals surface area contributed by atoms with Crippen LogP contribution < -0.4 is 5.56 Å². The topological polar surface area (TPSA) is 58.2 Å². The SMILES string of the molecule is COCCSc1[nH]c(=O)cnc1C1CCC2CCN1C2. The molecule has 20 heavy (non-hydrogen) atoms. The highest BCUT2D eigenvalue weighted by molar-refractivity contribution is 7.99. The Kier molecular flexibility index (Phi) is 4.43. The molecule has 2 aliphatic heterocycles. The average Bonchev–Trinajstić information content (AvgIpc) is 2.82. The van der Waals surface area contributed by atoms with Crippen LogP contribution >= 0.6 is 11.8 Å². The average molecular weight is 295 g/mol. The van der Waals surface area contributed by atoms with Crippen LogP contribution in [-0.2, 0) is 4.74 Å². The molecular weight excluding hydrogens is 274 g/mol. The minimum absolute atomic E-state index is 0.122. The first kappa shape index (κ1) is 14.1. The number of hydrogen-bond acceptors (Lipinski definition) is 5. The first-order valence-corrected chi connectivity index (χ1v) is 8.21. The van der Waals surface area contributed by atoms with Gasteiger partial charge >= 0.3 is 0 Å². The molecule has 0 saturated carbocycles. The Morgan fingerprint density at radius 2 is 2.40 bits per heavy atom. The molecule has 1 N–H and O–H groups in total. The molecule has 110 valence electrons. The molecule has 0 radical (unpaired) electrons. The first-order chi connectivity index (χ1) is 9.78. The molecule has 5 nitrogen and oxygen atoms in total. The molecular formula is C14H21N3O2S. The summed E-state index contributed by atoms with van der Waals surface area (Å²) in [5.41, 5.74) is 0.926. The number of fused-ring (bicyclic) bond motifs is 2. The van der Waals surface area contributed by atoms with Crippen LogP contribution in [0.2, 0.25) is 0 Å². The molecule has 2 bridgehead atoms. The second-order valence-corrected chi connectivity index (χ2v) is 6.65. The third-order valence-corrected chi connectivity index (χ3v) is 5.22. The highest BCUT2D eigenvalue weighted by Crippen LogP contribution is 2.40. The van der Waals surface area contributed by atoms with Crippen molar-refractivity contribution in [1.29, 1.82) is 0 Å².